The molecule has 24 heavy (non-hydrogen) atoms. The van der Waals surface area contributed by atoms with Gasteiger partial charge in [0, 0.05) is 22.5 Å². The van der Waals surface area contributed by atoms with Crippen LogP contribution in [0.25, 0.3) is 11.3 Å². The third kappa shape index (κ3) is 3.63. The van der Waals surface area contributed by atoms with Gasteiger partial charge in [-0.25, -0.2) is 0 Å². The molecule has 0 unspecified atom stereocenters. The summed E-state index contributed by atoms with van der Waals surface area (Å²) in [5.74, 6) is -0.197. The molecule has 3 nitrogen and oxygen atoms in total. The molecule has 0 aliphatic heterocycles. The highest BCUT2D eigenvalue weighted by atomic mass is 35.5. The summed E-state index contributed by atoms with van der Waals surface area (Å²) < 4.78 is 0. The second-order valence-electron chi connectivity index (χ2n) is 5.71. The summed E-state index contributed by atoms with van der Waals surface area (Å²) in [6.45, 7) is 4.11. The van der Waals surface area contributed by atoms with Crippen LogP contribution >= 0.6 is 11.6 Å². The number of amides is 1. The van der Waals surface area contributed by atoms with E-state index in [-0.39, 0.29) is 5.91 Å². The van der Waals surface area contributed by atoms with Crippen LogP contribution in [-0.2, 0) is 0 Å². The molecule has 1 aromatic heterocycles. The molecule has 0 aliphatic rings. The monoisotopic (exact) mass is 336 g/mol. The summed E-state index contributed by atoms with van der Waals surface area (Å²) in [4.78, 5) is 16.7. The number of hydrogen-bond donors (Lipinski definition) is 1. The average molecular weight is 337 g/mol. The van der Waals surface area contributed by atoms with Crippen molar-refractivity contribution in [2.75, 3.05) is 5.32 Å². The maximum absolute atomic E-state index is 12.3. The number of carbonyl (C=O) groups is 1. The van der Waals surface area contributed by atoms with Gasteiger partial charge in [-0.05, 0) is 61.9 Å². The van der Waals surface area contributed by atoms with E-state index in [1.54, 1.807) is 36.5 Å². The minimum Gasteiger partial charge on any atom is -0.322 e. The van der Waals surface area contributed by atoms with E-state index in [4.69, 9.17) is 11.6 Å². The summed E-state index contributed by atoms with van der Waals surface area (Å²) in [6, 6.07) is 16.9. The first-order chi connectivity index (χ1) is 11.5. The zero-order valence-corrected chi connectivity index (χ0v) is 14.3. The number of aromatic nitrogens is 1. The Morgan fingerprint density at radius 3 is 2.42 bits per heavy atom. The molecular formula is C20H17ClN2O. The van der Waals surface area contributed by atoms with E-state index in [1.165, 1.54) is 5.56 Å². The van der Waals surface area contributed by atoms with E-state index in [9.17, 15) is 4.79 Å². The summed E-state index contributed by atoms with van der Waals surface area (Å²) in [5, 5.41) is 3.46. The van der Waals surface area contributed by atoms with Crippen molar-refractivity contribution in [1.29, 1.82) is 0 Å². The smallest absolute Gasteiger partial charge is 0.257 e. The molecule has 4 heteroatoms. The van der Waals surface area contributed by atoms with Crippen LogP contribution < -0.4 is 5.32 Å². The Hall–Kier alpha value is -2.65. The van der Waals surface area contributed by atoms with Gasteiger partial charge in [0.15, 0.2) is 0 Å². The van der Waals surface area contributed by atoms with Crippen LogP contribution in [-0.4, -0.2) is 10.9 Å². The van der Waals surface area contributed by atoms with E-state index in [2.05, 4.69) is 42.3 Å². The standard InChI is InChI=1S/C20H17ClN2O/c1-13-3-4-14(2)18(11-13)19-10-5-15(12-22-19)20(24)23-17-8-6-16(21)7-9-17/h3-12H,1-2H3,(H,23,24). The first kappa shape index (κ1) is 16.2. The third-order valence-corrected chi connectivity index (χ3v) is 4.05. The van der Waals surface area contributed by atoms with Gasteiger partial charge < -0.3 is 5.32 Å². The predicted octanol–water partition coefficient (Wildman–Crippen LogP) is 5.27. The van der Waals surface area contributed by atoms with E-state index >= 15 is 0 Å². The maximum atomic E-state index is 12.3. The van der Waals surface area contributed by atoms with Gasteiger partial charge in [-0.15, -0.1) is 0 Å². The molecule has 3 aromatic rings. The van der Waals surface area contributed by atoms with Crippen LogP contribution in [0.5, 0.6) is 0 Å². The van der Waals surface area contributed by atoms with Crippen LogP contribution in [0.2, 0.25) is 5.02 Å². The molecule has 0 bridgehead atoms. The first-order valence-electron chi connectivity index (χ1n) is 7.63. The van der Waals surface area contributed by atoms with Crippen molar-refractivity contribution in [2.24, 2.45) is 0 Å². The molecule has 0 saturated heterocycles. The number of halogens is 1. The lowest BCUT2D eigenvalue weighted by Crippen LogP contribution is -2.12. The zero-order valence-electron chi connectivity index (χ0n) is 13.5. The highest BCUT2D eigenvalue weighted by Crippen LogP contribution is 2.23. The number of rotatable bonds is 3. The zero-order chi connectivity index (χ0) is 17.1. The van der Waals surface area contributed by atoms with Gasteiger partial charge in [-0.3, -0.25) is 9.78 Å². The highest BCUT2D eigenvalue weighted by Gasteiger charge is 2.09. The third-order valence-electron chi connectivity index (χ3n) is 3.80. The Labute approximate surface area is 146 Å². The van der Waals surface area contributed by atoms with Crippen LogP contribution in [0.1, 0.15) is 21.5 Å². The number of carbonyl (C=O) groups excluding carboxylic acids is 1. The fraction of sp³-hybridized carbons (Fsp3) is 0.100. The lowest BCUT2D eigenvalue weighted by atomic mass is 10.0. The topological polar surface area (TPSA) is 42.0 Å². The molecule has 0 atom stereocenters. The molecule has 1 amide bonds. The van der Waals surface area contributed by atoms with E-state index < -0.39 is 0 Å². The van der Waals surface area contributed by atoms with Crippen molar-refractivity contribution in [2.45, 2.75) is 13.8 Å². The minimum absolute atomic E-state index is 0.197. The predicted molar refractivity (Wildman–Crippen MR) is 98.6 cm³/mol. The van der Waals surface area contributed by atoms with Crippen molar-refractivity contribution in [1.82, 2.24) is 4.98 Å². The number of nitrogens with one attached hydrogen (secondary N) is 1. The summed E-state index contributed by atoms with van der Waals surface area (Å²) in [5.41, 5.74) is 5.49. The van der Waals surface area contributed by atoms with Crippen LogP contribution in [0.4, 0.5) is 5.69 Å². The van der Waals surface area contributed by atoms with Gasteiger partial charge in [-0.1, -0.05) is 29.3 Å². The summed E-state index contributed by atoms with van der Waals surface area (Å²) in [7, 11) is 0. The lowest BCUT2D eigenvalue weighted by molar-refractivity contribution is 0.102. The second-order valence-corrected chi connectivity index (χ2v) is 6.15. The maximum Gasteiger partial charge on any atom is 0.257 e. The number of benzene rings is 2. The Morgan fingerprint density at radius 2 is 1.75 bits per heavy atom. The number of nitrogens with zero attached hydrogens (tertiary/aromatic N) is 1. The van der Waals surface area contributed by atoms with Gasteiger partial charge in [0.05, 0.1) is 11.3 Å². The van der Waals surface area contributed by atoms with E-state index in [0.717, 1.165) is 16.8 Å². The van der Waals surface area contributed by atoms with Crippen molar-refractivity contribution >= 4 is 23.2 Å². The highest BCUT2D eigenvalue weighted by molar-refractivity contribution is 6.30. The first-order valence-corrected chi connectivity index (χ1v) is 8.01. The van der Waals surface area contributed by atoms with Gasteiger partial charge in [-0.2, -0.15) is 0 Å². The summed E-state index contributed by atoms with van der Waals surface area (Å²) in [6.07, 6.45) is 1.60. The van der Waals surface area contributed by atoms with Crippen molar-refractivity contribution in [3.05, 3.63) is 82.5 Å². The molecular weight excluding hydrogens is 320 g/mol. The molecule has 0 saturated carbocycles. The molecule has 1 heterocycles. The van der Waals surface area contributed by atoms with E-state index in [0.29, 0.717) is 16.3 Å². The van der Waals surface area contributed by atoms with Crippen molar-refractivity contribution in [3.8, 4) is 11.3 Å². The van der Waals surface area contributed by atoms with Gasteiger partial charge >= 0.3 is 0 Å². The molecule has 0 radical (unpaired) electrons. The Bertz CT molecular complexity index is 871. The molecule has 2 aromatic carbocycles. The normalized spacial score (nSPS) is 10.5. The molecule has 120 valence electrons. The lowest BCUT2D eigenvalue weighted by Gasteiger charge is -2.08. The fourth-order valence-electron chi connectivity index (χ4n) is 2.44. The molecule has 0 fully saturated rings. The Balaban J connectivity index is 1.80. The number of aryl methyl sites for hydroxylation is 2. The quantitative estimate of drug-likeness (QED) is 0.707. The summed E-state index contributed by atoms with van der Waals surface area (Å²) >= 11 is 5.84. The van der Waals surface area contributed by atoms with Crippen LogP contribution in [0, 0.1) is 13.8 Å². The molecule has 1 N–H and O–H groups in total. The largest absolute Gasteiger partial charge is 0.322 e. The second kappa shape index (κ2) is 6.85. The average Bonchev–Trinajstić information content (AvgIpc) is 2.59. The molecule has 0 aliphatic carbocycles. The minimum atomic E-state index is -0.197. The number of hydrogen-bond acceptors (Lipinski definition) is 2. The Kier molecular flexibility index (Phi) is 4.63. The van der Waals surface area contributed by atoms with Gasteiger partial charge in [0.2, 0.25) is 0 Å². The van der Waals surface area contributed by atoms with Crippen LogP contribution in [0.15, 0.2) is 60.8 Å². The Morgan fingerprint density at radius 1 is 1.00 bits per heavy atom. The SMILES string of the molecule is Cc1ccc(C)c(-c2ccc(C(=O)Nc3ccc(Cl)cc3)cn2)c1. The van der Waals surface area contributed by atoms with Gasteiger partial charge in [0.1, 0.15) is 0 Å². The van der Waals surface area contributed by atoms with Crippen molar-refractivity contribution in [3.63, 3.8) is 0 Å². The van der Waals surface area contributed by atoms with Gasteiger partial charge in [0.25, 0.3) is 5.91 Å². The van der Waals surface area contributed by atoms with Crippen molar-refractivity contribution < 1.29 is 4.79 Å². The number of pyridine rings is 1. The van der Waals surface area contributed by atoms with E-state index in [1.807, 2.05) is 6.07 Å². The van der Waals surface area contributed by atoms with Crippen LogP contribution in [0.3, 0.4) is 0 Å². The number of anilines is 1. The molecule has 0 spiro atoms. The molecule has 3 rings (SSSR count). The fourth-order valence-corrected chi connectivity index (χ4v) is 2.56.